The van der Waals surface area contributed by atoms with Crippen LogP contribution in [-0.2, 0) is 4.79 Å². The minimum Gasteiger partial charge on any atom is -0.352 e. The van der Waals surface area contributed by atoms with Gasteiger partial charge in [0.2, 0.25) is 5.91 Å². The van der Waals surface area contributed by atoms with Gasteiger partial charge >= 0.3 is 0 Å². The molecule has 0 aromatic rings. The van der Waals surface area contributed by atoms with E-state index in [1.54, 1.807) is 32.0 Å². The molecule has 2 saturated heterocycles. The van der Waals surface area contributed by atoms with Gasteiger partial charge in [-0.25, -0.2) is 4.39 Å². The predicted molar refractivity (Wildman–Crippen MR) is 124 cm³/mol. The summed E-state index contributed by atoms with van der Waals surface area (Å²) >= 11 is 1.56. The highest BCUT2D eigenvalue weighted by Gasteiger charge is 2.50. The Bertz CT molecular complexity index is 683. The van der Waals surface area contributed by atoms with Gasteiger partial charge in [0.05, 0.1) is 0 Å². The van der Waals surface area contributed by atoms with Gasteiger partial charge in [-0.2, -0.15) is 0 Å². The number of amides is 1. The molecule has 168 valence electrons. The molecule has 1 amide bonds. The third-order valence-corrected chi connectivity index (χ3v) is 7.61. The topological polar surface area (TPSA) is 65.5 Å². The molecule has 1 saturated carbocycles. The first-order valence-electron chi connectivity index (χ1n) is 11.3. The zero-order valence-electron chi connectivity index (χ0n) is 18.7. The molecule has 0 aromatic heterocycles. The standard InChI is InChI=1S/C23H37FN4OS/c1-5-7-8-16(14-25-6-2)20-19(15-9-10-15)21(30-28-20)22(29)27-17-11-12-26-18(13-17)23(3,4)24/h5-7,14-15,17-21,26,28H,8-13H2,1-4H3,(H,27,29)/b7-5+,16-14+,25-6?. The summed E-state index contributed by atoms with van der Waals surface area (Å²) in [5.41, 5.74) is -0.0620. The van der Waals surface area contributed by atoms with Crippen molar-refractivity contribution in [2.75, 3.05) is 6.54 Å². The van der Waals surface area contributed by atoms with Crippen LogP contribution in [0.5, 0.6) is 0 Å². The molecule has 5 unspecified atom stereocenters. The van der Waals surface area contributed by atoms with Gasteiger partial charge in [-0.3, -0.25) is 14.5 Å². The normalized spacial score (nSPS) is 33.5. The zero-order chi connectivity index (χ0) is 21.7. The van der Waals surface area contributed by atoms with E-state index in [1.807, 2.05) is 20.0 Å². The van der Waals surface area contributed by atoms with Crippen LogP contribution in [0.25, 0.3) is 0 Å². The molecular formula is C23H37FN4OS. The van der Waals surface area contributed by atoms with E-state index < -0.39 is 5.67 Å². The summed E-state index contributed by atoms with van der Waals surface area (Å²) < 4.78 is 17.9. The van der Waals surface area contributed by atoms with Crippen LogP contribution in [0.3, 0.4) is 0 Å². The quantitative estimate of drug-likeness (QED) is 0.306. The molecule has 5 atom stereocenters. The first kappa shape index (κ1) is 23.5. The average Bonchev–Trinajstić information content (AvgIpc) is 3.46. The van der Waals surface area contributed by atoms with Crippen LogP contribution < -0.4 is 15.4 Å². The lowest BCUT2D eigenvalue weighted by Gasteiger charge is -2.36. The number of nitrogens with zero attached hydrogens (tertiary/aromatic N) is 1. The van der Waals surface area contributed by atoms with E-state index in [9.17, 15) is 9.18 Å². The number of carbonyl (C=O) groups is 1. The maximum Gasteiger partial charge on any atom is 0.235 e. The van der Waals surface area contributed by atoms with Crippen molar-refractivity contribution in [2.24, 2.45) is 16.8 Å². The summed E-state index contributed by atoms with van der Waals surface area (Å²) in [5.74, 6) is 0.950. The minimum atomic E-state index is -1.29. The van der Waals surface area contributed by atoms with Crippen LogP contribution in [0.2, 0.25) is 0 Å². The van der Waals surface area contributed by atoms with Gasteiger partial charge in [0.1, 0.15) is 10.9 Å². The van der Waals surface area contributed by atoms with Gasteiger partial charge < -0.3 is 10.6 Å². The van der Waals surface area contributed by atoms with Crippen molar-refractivity contribution in [3.63, 3.8) is 0 Å². The molecule has 0 aromatic carbocycles. The van der Waals surface area contributed by atoms with Crippen LogP contribution in [0, 0.1) is 11.8 Å². The number of alkyl halides is 1. The molecule has 3 rings (SSSR count). The van der Waals surface area contributed by atoms with Crippen LogP contribution in [0.4, 0.5) is 4.39 Å². The summed E-state index contributed by atoms with van der Waals surface area (Å²) in [6.45, 7) is 7.89. The lowest BCUT2D eigenvalue weighted by molar-refractivity contribution is -0.122. The Hall–Kier alpha value is -1.18. The number of piperidine rings is 1. The van der Waals surface area contributed by atoms with E-state index in [1.165, 1.54) is 18.4 Å². The molecule has 3 fully saturated rings. The molecule has 1 aliphatic carbocycles. The van der Waals surface area contributed by atoms with Crippen LogP contribution >= 0.6 is 11.9 Å². The fraction of sp³-hybridized carbons (Fsp3) is 0.739. The molecule has 30 heavy (non-hydrogen) atoms. The maximum atomic E-state index is 14.4. The van der Waals surface area contributed by atoms with Crippen molar-refractivity contribution in [2.45, 2.75) is 88.8 Å². The van der Waals surface area contributed by atoms with Crippen molar-refractivity contribution in [1.82, 2.24) is 15.4 Å². The van der Waals surface area contributed by atoms with E-state index in [2.05, 4.69) is 32.5 Å². The molecule has 2 heterocycles. The van der Waals surface area contributed by atoms with E-state index in [0.717, 1.165) is 19.4 Å². The Morgan fingerprint density at radius 2 is 2.07 bits per heavy atom. The number of hydrogen-bond donors (Lipinski definition) is 3. The smallest absolute Gasteiger partial charge is 0.235 e. The highest BCUT2D eigenvalue weighted by atomic mass is 32.2. The van der Waals surface area contributed by atoms with Gasteiger partial charge in [-0.15, -0.1) is 0 Å². The van der Waals surface area contributed by atoms with Crippen molar-refractivity contribution >= 4 is 24.1 Å². The molecule has 3 aliphatic rings. The van der Waals surface area contributed by atoms with Crippen LogP contribution in [0.1, 0.15) is 59.8 Å². The second-order valence-corrected chi connectivity index (χ2v) is 10.2. The number of nitrogens with one attached hydrogen (secondary N) is 3. The summed E-state index contributed by atoms with van der Waals surface area (Å²) in [7, 11) is 0. The van der Waals surface area contributed by atoms with Crippen molar-refractivity contribution < 1.29 is 9.18 Å². The minimum absolute atomic E-state index is 0.0287. The average molecular weight is 437 g/mol. The number of hydrogen-bond acceptors (Lipinski definition) is 5. The maximum absolute atomic E-state index is 14.4. The van der Waals surface area contributed by atoms with Gasteiger partial charge in [-0.05, 0) is 77.8 Å². The number of allylic oxidation sites excluding steroid dienone is 2. The van der Waals surface area contributed by atoms with Gasteiger partial charge in [0.15, 0.2) is 0 Å². The molecule has 0 radical (unpaired) electrons. The van der Waals surface area contributed by atoms with E-state index in [-0.39, 0.29) is 35.2 Å². The molecule has 0 bridgehead atoms. The lowest BCUT2D eigenvalue weighted by Crippen LogP contribution is -2.55. The van der Waals surface area contributed by atoms with Crippen molar-refractivity contribution in [3.8, 4) is 0 Å². The Morgan fingerprint density at radius 1 is 1.30 bits per heavy atom. The summed E-state index contributed by atoms with van der Waals surface area (Å²) in [4.78, 5) is 17.6. The SMILES string of the molecule is CC=N/C=C(\C/C=C/C)C1NSC(C(=O)NC2CCNC(C(C)(C)F)C2)C1C1CC1. The number of aliphatic imine (C=N–C) groups is 1. The zero-order valence-corrected chi connectivity index (χ0v) is 19.5. The second kappa shape index (κ2) is 10.4. The first-order valence-corrected chi connectivity index (χ1v) is 12.1. The number of rotatable bonds is 8. The largest absolute Gasteiger partial charge is 0.352 e. The second-order valence-electron chi connectivity index (χ2n) is 9.23. The highest BCUT2D eigenvalue weighted by Crippen LogP contribution is 2.48. The van der Waals surface area contributed by atoms with Gasteiger partial charge in [0, 0.05) is 36.5 Å². The Balaban J connectivity index is 1.69. The third-order valence-electron chi connectivity index (χ3n) is 6.44. The summed E-state index contributed by atoms with van der Waals surface area (Å²) in [5, 5.41) is 6.39. The molecule has 2 aliphatic heterocycles. The van der Waals surface area contributed by atoms with Crippen LogP contribution in [-0.4, -0.2) is 47.7 Å². The highest BCUT2D eigenvalue weighted by molar-refractivity contribution is 7.99. The summed E-state index contributed by atoms with van der Waals surface area (Å²) in [6, 6.07) is -0.0372. The fourth-order valence-corrected chi connectivity index (χ4v) is 5.88. The molecule has 5 nitrogen and oxygen atoms in total. The first-order chi connectivity index (χ1) is 14.3. The van der Waals surface area contributed by atoms with Crippen molar-refractivity contribution in [1.29, 1.82) is 0 Å². The predicted octanol–water partition coefficient (Wildman–Crippen LogP) is 3.93. The van der Waals surface area contributed by atoms with Gasteiger partial charge in [0.25, 0.3) is 0 Å². The van der Waals surface area contributed by atoms with Crippen molar-refractivity contribution in [3.05, 3.63) is 23.9 Å². The van der Waals surface area contributed by atoms with Gasteiger partial charge in [-0.1, -0.05) is 24.1 Å². The van der Waals surface area contributed by atoms with Crippen LogP contribution in [0.15, 0.2) is 28.9 Å². The number of carbonyl (C=O) groups excluding carboxylic acids is 1. The Morgan fingerprint density at radius 3 is 2.70 bits per heavy atom. The molecule has 7 heteroatoms. The number of halogens is 1. The lowest BCUT2D eigenvalue weighted by atomic mass is 9.85. The molecular weight excluding hydrogens is 399 g/mol. The Labute approximate surface area is 185 Å². The third kappa shape index (κ3) is 5.95. The van der Waals surface area contributed by atoms with E-state index >= 15 is 0 Å². The summed E-state index contributed by atoms with van der Waals surface area (Å²) in [6.07, 6.45) is 12.6. The molecule has 0 spiro atoms. The fourth-order valence-electron chi connectivity index (χ4n) is 4.57. The molecule has 3 N–H and O–H groups in total. The monoisotopic (exact) mass is 436 g/mol. The van der Waals surface area contributed by atoms with E-state index in [4.69, 9.17) is 0 Å². The Kier molecular flexibility index (Phi) is 8.16. The van der Waals surface area contributed by atoms with E-state index in [0.29, 0.717) is 12.3 Å².